The summed E-state index contributed by atoms with van der Waals surface area (Å²) in [6.45, 7) is 4.31. The summed E-state index contributed by atoms with van der Waals surface area (Å²) in [5.74, 6) is -1.06. The van der Waals surface area contributed by atoms with Crippen molar-refractivity contribution in [3.63, 3.8) is 0 Å². The lowest BCUT2D eigenvalue weighted by Crippen LogP contribution is -2.29. The highest BCUT2D eigenvalue weighted by Crippen LogP contribution is 2.30. The van der Waals surface area contributed by atoms with Gasteiger partial charge in [-0.1, -0.05) is 24.3 Å². The van der Waals surface area contributed by atoms with Crippen molar-refractivity contribution in [3.05, 3.63) is 59.2 Å². The Morgan fingerprint density at radius 3 is 2.56 bits per heavy atom. The van der Waals surface area contributed by atoms with Crippen LogP contribution in [0.25, 0.3) is 0 Å². The molecule has 1 heterocycles. The first-order valence-electron chi connectivity index (χ1n) is 8.91. The molecule has 6 nitrogen and oxygen atoms in total. The maximum atomic E-state index is 12.7. The van der Waals surface area contributed by atoms with Gasteiger partial charge in [0.1, 0.15) is 0 Å². The number of anilines is 2. The molecule has 0 aromatic heterocycles. The van der Waals surface area contributed by atoms with Gasteiger partial charge in [-0.05, 0) is 43.2 Å². The summed E-state index contributed by atoms with van der Waals surface area (Å²) in [5, 5.41) is 5.37. The smallest absolute Gasteiger partial charge is 0.253 e. The molecular formula is C21H23N3O3. The molecule has 3 amide bonds. The molecule has 3 rings (SSSR count). The van der Waals surface area contributed by atoms with E-state index in [1.165, 1.54) is 0 Å². The number of carbonyl (C=O) groups is 3. The van der Waals surface area contributed by atoms with Gasteiger partial charge in [0.2, 0.25) is 11.8 Å². The third kappa shape index (κ3) is 3.69. The zero-order valence-electron chi connectivity index (χ0n) is 15.7. The van der Waals surface area contributed by atoms with Crippen LogP contribution in [0.1, 0.15) is 27.9 Å². The Morgan fingerprint density at radius 1 is 1.07 bits per heavy atom. The fourth-order valence-corrected chi connectivity index (χ4v) is 3.30. The second-order valence-electron chi connectivity index (χ2n) is 6.74. The van der Waals surface area contributed by atoms with Gasteiger partial charge in [-0.25, -0.2) is 0 Å². The first kappa shape index (κ1) is 18.6. The molecule has 1 saturated heterocycles. The summed E-state index contributed by atoms with van der Waals surface area (Å²) in [7, 11) is 1.54. The largest absolute Gasteiger partial charge is 0.355 e. The molecule has 6 heteroatoms. The normalized spacial score (nSPS) is 16.3. The summed E-state index contributed by atoms with van der Waals surface area (Å²) in [6.07, 6.45) is 0.154. The third-order valence-electron chi connectivity index (χ3n) is 5.02. The topological polar surface area (TPSA) is 78.5 Å². The molecule has 1 aliphatic rings. The molecule has 2 aromatic carbocycles. The zero-order chi connectivity index (χ0) is 19.6. The number of hydrogen-bond acceptors (Lipinski definition) is 3. The number of amides is 3. The maximum Gasteiger partial charge on any atom is 0.253 e. The predicted molar refractivity (Wildman–Crippen MR) is 105 cm³/mol. The van der Waals surface area contributed by atoms with E-state index in [-0.39, 0.29) is 24.1 Å². The van der Waals surface area contributed by atoms with Gasteiger partial charge in [0.05, 0.1) is 17.2 Å². The van der Waals surface area contributed by atoms with Crippen LogP contribution in [-0.2, 0) is 9.59 Å². The highest BCUT2D eigenvalue weighted by atomic mass is 16.2. The Kier molecular flexibility index (Phi) is 5.26. The van der Waals surface area contributed by atoms with E-state index in [9.17, 15) is 14.4 Å². The van der Waals surface area contributed by atoms with Crippen molar-refractivity contribution in [2.75, 3.05) is 23.8 Å². The number of nitrogens with zero attached hydrogens (tertiary/aromatic N) is 1. The van der Waals surface area contributed by atoms with E-state index < -0.39 is 5.92 Å². The van der Waals surface area contributed by atoms with Crippen LogP contribution in [0, 0.1) is 19.8 Å². The Labute approximate surface area is 158 Å². The predicted octanol–water partition coefficient (Wildman–Crippen LogP) is 2.65. The van der Waals surface area contributed by atoms with Crippen molar-refractivity contribution in [3.8, 4) is 0 Å². The van der Waals surface area contributed by atoms with Crippen molar-refractivity contribution in [2.24, 2.45) is 5.92 Å². The van der Waals surface area contributed by atoms with Gasteiger partial charge in [0.15, 0.2) is 0 Å². The summed E-state index contributed by atoms with van der Waals surface area (Å²) in [4.78, 5) is 38.9. The number of para-hydroxylation sites is 1. The van der Waals surface area contributed by atoms with Gasteiger partial charge in [-0.2, -0.15) is 0 Å². The van der Waals surface area contributed by atoms with Crippen molar-refractivity contribution >= 4 is 29.1 Å². The maximum absolute atomic E-state index is 12.7. The van der Waals surface area contributed by atoms with Crippen molar-refractivity contribution < 1.29 is 14.4 Å². The molecule has 0 spiro atoms. The molecule has 2 N–H and O–H groups in total. The lowest BCUT2D eigenvalue weighted by Gasteiger charge is -2.20. The molecule has 1 fully saturated rings. The molecule has 0 unspecified atom stereocenters. The number of rotatable bonds is 4. The fraction of sp³-hybridized carbons (Fsp3) is 0.286. The fourth-order valence-electron chi connectivity index (χ4n) is 3.30. The van der Waals surface area contributed by atoms with Crippen molar-refractivity contribution in [1.29, 1.82) is 0 Å². The molecule has 1 atom stereocenters. The van der Waals surface area contributed by atoms with Crippen molar-refractivity contribution in [2.45, 2.75) is 20.3 Å². The summed E-state index contributed by atoms with van der Waals surface area (Å²) in [6, 6.07) is 12.6. The minimum Gasteiger partial charge on any atom is -0.355 e. The molecule has 0 aliphatic carbocycles. The van der Waals surface area contributed by atoms with Crippen LogP contribution in [0.4, 0.5) is 11.4 Å². The number of aryl methyl sites for hydroxylation is 1. The minimum absolute atomic E-state index is 0.0663. The zero-order valence-corrected chi connectivity index (χ0v) is 15.7. The second-order valence-corrected chi connectivity index (χ2v) is 6.74. The first-order valence-corrected chi connectivity index (χ1v) is 8.91. The van der Waals surface area contributed by atoms with E-state index in [0.717, 1.165) is 16.8 Å². The summed E-state index contributed by atoms with van der Waals surface area (Å²) >= 11 is 0. The number of nitrogens with one attached hydrogen (secondary N) is 2. The van der Waals surface area contributed by atoms with Gasteiger partial charge >= 0.3 is 0 Å². The Bertz CT molecular complexity index is 907. The van der Waals surface area contributed by atoms with Gasteiger partial charge in [-0.3, -0.25) is 14.4 Å². The van der Waals surface area contributed by atoms with E-state index in [0.29, 0.717) is 17.8 Å². The van der Waals surface area contributed by atoms with Crippen LogP contribution in [-0.4, -0.2) is 31.3 Å². The monoisotopic (exact) mass is 365 g/mol. The summed E-state index contributed by atoms with van der Waals surface area (Å²) < 4.78 is 0. The van der Waals surface area contributed by atoms with Crippen LogP contribution >= 0.6 is 0 Å². The quantitative estimate of drug-likeness (QED) is 0.874. The van der Waals surface area contributed by atoms with Crippen LogP contribution < -0.4 is 15.5 Å². The lowest BCUT2D eigenvalue weighted by molar-refractivity contribution is -0.122. The molecule has 0 saturated carbocycles. The van der Waals surface area contributed by atoms with Gasteiger partial charge < -0.3 is 15.5 Å². The molecule has 140 valence electrons. The lowest BCUT2D eigenvalue weighted by atomic mass is 10.1. The summed E-state index contributed by atoms with van der Waals surface area (Å²) in [5.41, 5.74) is 3.83. The van der Waals surface area contributed by atoms with Crippen LogP contribution in [0.5, 0.6) is 0 Å². The van der Waals surface area contributed by atoms with Gasteiger partial charge in [0.25, 0.3) is 5.91 Å². The Morgan fingerprint density at radius 2 is 1.81 bits per heavy atom. The van der Waals surface area contributed by atoms with Crippen LogP contribution in [0.3, 0.4) is 0 Å². The Balaban J connectivity index is 1.77. The van der Waals surface area contributed by atoms with E-state index in [1.54, 1.807) is 36.2 Å². The number of carbonyl (C=O) groups excluding carboxylic acids is 3. The van der Waals surface area contributed by atoms with E-state index in [2.05, 4.69) is 10.6 Å². The van der Waals surface area contributed by atoms with Crippen LogP contribution in [0.2, 0.25) is 0 Å². The second kappa shape index (κ2) is 7.61. The highest BCUT2D eigenvalue weighted by molar-refractivity contribution is 6.07. The van der Waals surface area contributed by atoms with Crippen LogP contribution in [0.15, 0.2) is 42.5 Å². The third-order valence-corrected chi connectivity index (χ3v) is 5.02. The van der Waals surface area contributed by atoms with Crippen molar-refractivity contribution in [1.82, 2.24) is 5.32 Å². The van der Waals surface area contributed by atoms with E-state index in [4.69, 9.17) is 0 Å². The molecule has 0 bridgehead atoms. The molecular weight excluding hydrogens is 342 g/mol. The first-order chi connectivity index (χ1) is 12.9. The molecule has 1 aliphatic heterocycles. The SMILES string of the molecule is CNC(=O)c1ccccc1NC(=O)[C@@H]1CC(=O)N(c2cccc(C)c2C)C1. The van der Waals surface area contributed by atoms with E-state index in [1.807, 2.05) is 32.0 Å². The average molecular weight is 365 g/mol. The molecule has 27 heavy (non-hydrogen) atoms. The molecule has 2 aromatic rings. The van der Waals surface area contributed by atoms with Gasteiger partial charge in [-0.15, -0.1) is 0 Å². The number of benzene rings is 2. The highest BCUT2D eigenvalue weighted by Gasteiger charge is 2.36. The molecule has 0 radical (unpaired) electrons. The minimum atomic E-state index is -0.463. The Hall–Kier alpha value is -3.15. The van der Waals surface area contributed by atoms with E-state index >= 15 is 0 Å². The standard InChI is InChI=1S/C21H23N3O3/c1-13-7-6-10-18(14(13)2)24-12-15(11-19(24)25)20(26)23-17-9-5-4-8-16(17)21(27)22-3/h4-10,15H,11-12H2,1-3H3,(H,22,27)(H,23,26)/t15-/m1/s1. The average Bonchev–Trinajstić information content (AvgIpc) is 3.05. The van der Waals surface area contributed by atoms with Gasteiger partial charge in [0, 0.05) is 25.7 Å². The number of hydrogen-bond donors (Lipinski definition) is 2.